The molecule has 2 heterocycles. The van der Waals surface area contributed by atoms with E-state index in [4.69, 9.17) is 9.47 Å². The van der Waals surface area contributed by atoms with Crippen molar-refractivity contribution in [2.45, 2.75) is 6.10 Å². The summed E-state index contributed by atoms with van der Waals surface area (Å²) in [6.07, 6.45) is 1.26. The first kappa shape index (κ1) is 11.3. The van der Waals surface area contributed by atoms with E-state index in [0.717, 1.165) is 10.9 Å². The fraction of sp³-hybridized carbons (Fsp3) is 0.286. The summed E-state index contributed by atoms with van der Waals surface area (Å²) in [6.45, 7) is 1.38. The Morgan fingerprint density at radius 1 is 1.28 bits per heavy atom. The molecule has 3 rings (SSSR count). The van der Waals surface area contributed by atoms with Crippen molar-refractivity contribution in [2.24, 2.45) is 0 Å². The molecule has 0 N–H and O–H groups in total. The van der Waals surface area contributed by atoms with Crippen LogP contribution in [0.5, 0.6) is 0 Å². The number of ketones is 1. The van der Waals surface area contributed by atoms with Crippen molar-refractivity contribution in [1.82, 2.24) is 4.98 Å². The molecule has 18 heavy (non-hydrogen) atoms. The van der Waals surface area contributed by atoms with Crippen LogP contribution in [0.4, 0.5) is 0 Å². The smallest absolute Gasteiger partial charge is 0.193 e. The second-order valence-corrected chi connectivity index (χ2v) is 4.21. The van der Waals surface area contributed by atoms with Gasteiger partial charge in [-0.05, 0) is 24.3 Å². The number of carbonyl (C=O) groups is 1. The lowest BCUT2D eigenvalue weighted by Gasteiger charge is -2.21. The number of aromatic nitrogens is 1. The first-order chi connectivity index (χ1) is 8.84. The largest absolute Gasteiger partial charge is 0.376 e. The Bertz CT molecular complexity index is 576. The highest BCUT2D eigenvalue weighted by molar-refractivity contribution is 6.02. The molecule has 1 atom stereocenters. The molecule has 0 saturated carbocycles. The van der Waals surface area contributed by atoms with Gasteiger partial charge in [0.15, 0.2) is 5.78 Å². The van der Waals surface area contributed by atoms with Gasteiger partial charge >= 0.3 is 0 Å². The molecule has 1 aromatic carbocycles. The first-order valence-electron chi connectivity index (χ1n) is 5.93. The van der Waals surface area contributed by atoms with Gasteiger partial charge in [0.05, 0.1) is 25.3 Å². The van der Waals surface area contributed by atoms with E-state index < -0.39 is 6.10 Å². The number of rotatable bonds is 2. The third-order valence-corrected chi connectivity index (χ3v) is 3.00. The van der Waals surface area contributed by atoms with Crippen molar-refractivity contribution in [2.75, 3.05) is 19.8 Å². The molecule has 0 amide bonds. The minimum absolute atomic E-state index is 0.0274. The molecule has 4 nitrogen and oxygen atoms in total. The lowest BCUT2D eigenvalue weighted by atomic mass is 10.0. The zero-order valence-electron chi connectivity index (χ0n) is 9.83. The van der Waals surface area contributed by atoms with Crippen LogP contribution in [-0.4, -0.2) is 36.7 Å². The highest BCUT2D eigenvalue weighted by Gasteiger charge is 2.23. The molecule has 1 aliphatic heterocycles. The number of hydrogen-bond acceptors (Lipinski definition) is 4. The number of nitrogens with zero attached hydrogens (tertiary/aromatic N) is 1. The third-order valence-electron chi connectivity index (χ3n) is 3.00. The highest BCUT2D eigenvalue weighted by Crippen LogP contribution is 2.16. The van der Waals surface area contributed by atoms with Gasteiger partial charge < -0.3 is 9.47 Å². The average Bonchev–Trinajstić information content (AvgIpc) is 2.47. The van der Waals surface area contributed by atoms with Crippen molar-refractivity contribution >= 4 is 16.7 Å². The topological polar surface area (TPSA) is 48.4 Å². The molecule has 0 radical (unpaired) electrons. The van der Waals surface area contributed by atoms with Crippen molar-refractivity contribution < 1.29 is 14.3 Å². The zero-order valence-corrected chi connectivity index (χ0v) is 9.83. The van der Waals surface area contributed by atoms with Gasteiger partial charge in [-0.1, -0.05) is 6.07 Å². The van der Waals surface area contributed by atoms with Gasteiger partial charge in [-0.15, -0.1) is 0 Å². The Labute approximate surface area is 105 Å². The number of hydrogen-bond donors (Lipinski definition) is 0. The maximum Gasteiger partial charge on any atom is 0.193 e. The zero-order chi connectivity index (χ0) is 12.4. The lowest BCUT2D eigenvalue weighted by Crippen LogP contribution is -2.35. The summed E-state index contributed by atoms with van der Waals surface area (Å²) >= 11 is 0. The van der Waals surface area contributed by atoms with Gasteiger partial charge in [0.25, 0.3) is 0 Å². The summed E-state index contributed by atoms with van der Waals surface area (Å²) < 4.78 is 10.7. The van der Waals surface area contributed by atoms with Crippen molar-refractivity contribution in [3.63, 3.8) is 0 Å². The predicted molar refractivity (Wildman–Crippen MR) is 66.6 cm³/mol. The fourth-order valence-electron chi connectivity index (χ4n) is 2.05. The maximum absolute atomic E-state index is 12.2. The van der Waals surface area contributed by atoms with E-state index >= 15 is 0 Å². The van der Waals surface area contributed by atoms with Crippen LogP contribution in [0.3, 0.4) is 0 Å². The van der Waals surface area contributed by atoms with Gasteiger partial charge in [-0.2, -0.15) is 0 Å². The Kier molecular flexibility index (Phi) is 3.04. The van der Waals surface area contributed by atoms with Gasteiger partial charge in [0.2, 0.25) is 0 Å². The molecule has 1 saturated heterocycles. The summed E-state index contributed by atoms with van der Waals surface area (Å²) in [7, 11) is 0. The Morgan fingerprint density at radius 2 is 2.22 bits per heavy atom. The molecule has 1 aromatic heterocycles. The predicted octanol–water partition coefficient (Wildman–Crippen LogP) is 1.83. The van der Waals surface area contributed by atoms with Crippen LogP contribution in [-0.2, 0) is 9.47 Å². The van der Waals surface area contributed by atoms with Crippen LogP contribution < -0.4 is 0 Å². The van der Waals surface area contributed by atoms with E-state index in [1.165, 1.54) is 0 Å². The van der Waals surface area contributed by atoms with Crippen LogP contribution in [0.2, 0.25) is 0 Å². The molecule has 0 spiro atoms. The number of carbonyl (C=O) groups excluding carboxylic acids is 1. The number of ether oxygens (including phenoxy) is 2. The van der Waals surface area contributed by atoms with Crippen LogP contribution in [0, 0.1) is 0 Å². The molecule has 1 aliphatic rings. The quantitative estimate of drug-likeness (QED) is 0.755. The van der Waals surface area contributed by atoms with Crippen molar-refractivity contribution in [1.29, 1.82) is 0 Å². The normalized spacial score (nSPS) is 19.9. The van der Waals surface area contributed by atoms with Crippen molar-refractivity contribution in [3.05, 3.63) is 42.1 Å². The maximum atomic E-state index is 12.2. The molecule has 1 fully saturated rings. The van der Waals surface area contributed by atoms with Crippen LogP contribution in [0.1, 0.15) is 10.4 Å². The van der Waals surface area contributed by atoms with Gasteiger partial charge in [-0.3, -0.25) is 9.78 Å². The second kappa shape index (κ2) is 4.84. The van der Waals surface area contributed by atoms with E-state index in [-0.39, 0.29) is 5.78 Å². The minimum atomic E-state index is -0.479. The number of benzene rings is 1. The van der Waals surface area contributed by atoms with Crippen LogP contribution in [0.15, 0.2) is 36.5 Å². The molecule has 1 unspecified atom stereocenters. The minimum Gasteiger partial charge on any atom is -0.376 e. The van der Waals surface area contributed by atoms with Gasteiger partial charge in [0.1, 0.15) is 6.10 Å². The van der Waals surface area contributed by atoms with Crippen LogP contribution in [0.25, 0.3) is 10.9 Å². The summed E-state index contributed by atoms with van der Waals surface area (Å²) in [6, 6.07) is 9.29. The fourth-order valence-corrected chi connectivity index (χ4v) is 2.05. The summed E-state index contributed by atoms with van der Waals surface area (Å²) in [5.41, 5.74) is 1.53. The summed E-state index contributed by atoms with van der Waals surface area (Å²) in [5.74, 6) is -0.0274. The Morgan fingerprint density at radius 3 is 3.06 bits per heavy atom. The van der Waals surface area contributed by atoms with Crippen molar-refractivity contribution in [3.8, 4) is 0 Å². The average molecular weight is 243 g/mol. The van der Waals surface area contributed by atoms with E-state index in [9.17, 15) is 4.79 Å². The lowest BCUT2D eigenvalue weighted by molar-refractivity contribution is -0.0719. The monoisotopic (exact) mass is 243 g/mol. The molecular formula is C14H13NO3. The summed E-state index contributed by atoms with van der Waals surface area (Å²) in [5, 5.41) is 0.958. The first-order valence-corrected chi connectivity index (χ1v) is 5.93. The van der Waals surface area contributed by atoms with E-state index in [1.807, 2.05) is 24.3 Å². The summed E-state index contributed by atoms with van der Waals surface area (Å²) in [4.78, 5) is 16.4. The molecule has 0 bridgehead atoms. The Balaban J connectivity index is 1.91. The molecule has 4 heteroatoms. The van der Waals surface area contributed by atoms with E-state index in [2.05, 4.69) is 4.98 Å². The third kappa shape index (κ3) is 2.12. The number of Topliss-reactive ketones (excluding diaryl/α,β-unsaturated/α-hetero) is 1. The highest BCUT2D eigenvalue weighted by atomic mass is 16.6. The molecule has 0 aliphatic carbocycles. The second-order valence-electron chi connectivity index (χ2n) is 4.21. The van der Waals surface area contributed by atoms with Gasteiger partial charge in [0, 0.05) is 17.1 Å². The molecular weight excluding hydrogens is 230 g/mol. The van der Waals surface area contributed by atoms with E-state index in [0.29, 0.717) is 25.4 Å². The van der Waals surface area contributed by atoms with Crippen LogP contribution >= 0.6 is 0 Å². The Hall–Kier alpha value is -1.78. The van der Waals surface area contributed by atoms with Gasteiger partial charge in [-0.25, -0.2) is 0 Å². The number of fused-ring (bicyclic) bond motifs is 1. The SMILES string of the molecule is O=C(c1ccc2ncccc2c1)C1COCCO1. The molecule has 92 valence electrons. The number of pyridine rings is 1. The standard InChI is InChI=1S/C14H13NO3/c16-14(13-9-17-6-7-18-13)11-3-4-12-10(8-11)2-1-5-15-12/h1-5,8,13H,6-7,9H2. The molecule has 2 aromatic rings. The van der Waals surface area contributed by atoms with E-state index in [1.54, 1.807) is 12.3 Å².